The summed E-state index contributed by atoms with van der Waals surface area (Å²) in [6.07, 6.45) is 6.39. The molecule has 2 nitrogen and oxygen atoms in total. The van der Waals surface area contributed by atoms with Crippen LogP contribution in [0.2, 0.25) is 0 Å². The Balaban J connectivity index is 1.44. The van der Waals surface area contributed by atoms with Gasteiger partial charge in [0.15, 0.2) is 17.9 Å². The van der Waals surface area contributed by atoms with Crippen LogP contribution in [0.1, 0.15) is 69.4 Å². The summed E-state index contributed by atoms with van der Waals surface area (Å²) in [5, 5.41) is 0. The lowest BCUT2D eigenvalue weighted by Crippen LogP contribution is -2.30. The van der Waals surface area contributed by atoms with E-state index in [1.54, 1.807) is 48.5 Å². The molecule has 0 aliphatic carbocycles. The Labute approximate surface area is 212 Å². The molecule has 1 aliphatic rings. The molecule has 0 aromatic heterocycles. The van der Waals surface area contributed by atoms with Crippen LogP contribution in [0.15, 0.2) is 54.6 Å². The van der Waals surface area contributed by atoms with E-state index in [0.717, 1.165) is 44.1 Å². The van der Waals surface area contributed by atoms with Gasteiger partial charge in [0.1, 0.15) is 5.82 Å². The predicted octanol–water partition coefficient (Wildman–Crippen LogP) is 8.82. The van der Waals surface area contributed by atoms with Crippen molar-refractivity contribution in [2.24, 2.45) is 0 Å². The van der Waals surface area contributed by atoms with Crippen LogP contribution >= 0.6 is 0 Å². The number of aryl methyl sites for hydroxylation is 1. The van der Waals surface area contributed by atoms with Gasteiger partial charge in [0.2, 0.25) is 0 Å². The molecule has 0 radical (unpaired) electrons. The van der Waals surface area contributed by atoms with Crippen molar-refractivity contribution in [3.8, 4) is 22.3 Å². The van der Waals surface area contributed by atoms with E-state index >= 15 is 4.39 Å². The largest absolute Gasteiger partial charge is 0.352 e. The molecule has 0 unspecified atom stereocenters. The minimum atomic E-state index is -0.837. The van der Waals surface area contributed by atoms with E-state index in [1.807, 2.05) is 13.0 Å². The number of halogens is 3. The summed E-state index contributed by atoms with van der Waals surface area (Å²) in [5.41, 5.74) is 3.15. The lowest BCUT2D eigenvalue weighted by molar-refractivity contribution is -0.190. The maximum Gasteiger partial charge on any atom is 0.166 e. The van der Waals surface area contributed by atoms with Gasteiger partial charge in [0, 0.05) is 17.0 Å². The summed E-state index contributed by atoms with van der Waals surface area (Å²) in [4.78, 5) is 0. The molecule has 1 fully saturated rings. The van der Waals surface area contributed by atoms with Crippen LogP contribution in [0, 0.1) is 17.5 Å². The van der Waals surface area contributed by atoms with Gasteiger partial charge in [-0.1, -0.05) is 81.6 Å². The summed E-state index contributed by atoms with van der Waals surface area (Å²) in [7, 11) is 0. The molecule has 3 aromatic carbocycles. The maximum atomic E-state index is 15.1. The van der Waals surface area contributed by atoms with E-state index in [2.05, 4.69) is 6.92 Å². The fourth-order valence-corrected chi connectivity index (χ4v) is 4.68. The van der Waals surface area contributed by atoms with Crippen molar-refractivity contribution in [3.63, 3.8) is 0 Å². The normalized spacial score (nSPS) is 17.9. The maximum absolute atomic E-state index is 15.1. The smallest absolute Gasteiger partial charge is 0.166 e. The Kier molecular flexibility index (Phi) is 9.22. The highest BCUT2D eigenvalue weighted by atomic mass is 19.2. The molecule has 0 amide bonds. The number of ether oxygens (including phenoxy) is 2. The first kappa shape index (κ1) is 26.4. The summed E-state index contributed by atoms with van der Waals surface area (Å²) in [5.74, 6) is -1.95. The molecule has 1 aliphatic heterocycles. The highest BCUT2D eigenvalue weighted by Gasteiger charge is 2.24. The first-order valence-corrected chi connectivity index (χ1v) is 13.1. The van der Waals surface area contributed by atoms with Gasteiger partial charge in [-0.3, -0.25) is 0 Å². The van der Waals surface area contributed by atoms with Gasteiger partial charge < -0.3 is 9.47 Å². The minimum absolute atomic E-state index is 0.00322. The number of rotatable bonds is 10. The van der Waals surface area contributed by atoms with E-state index in [0.29, 0.717) is 41.9 Å². The molecule has 36 heavy (non-hydrogen) atoms. The molecule has 0 saturated carbocycles. The molecule has 0 atom stereocenters. The van der Waals surface area contributed by atoms with Crippen LogP contribution in [0.4, 0.5) is 13.2 Å². The monoisotopic (exact) mass is 496 g/mol. The Hall–Kier alpha value is -2.63. The Morgan fingerprint density at radius 3 is 2.00 bits per heavy atom. The van der Waals surface area contributed by atoms with Gasteiger partial charge in [0.25, 0.3) is 0 Å². The third kappa shape index (κ3) is 6.19. The predicted molar refractivity (Wildman–Crippen MR) is 138 cm³/mol. The van der Waals surface area contributed by atoms with Gasteiger partial charge in [-0.25, -0.2) is 13.2 Å². The quantitative estimate of drug-likeness (QED) is 0.261. The second-order valence-corrected chi connectivity index (χ2v) is 9.61. The molecule has 5 heteroatoms. The second kappa shape index (κ2) is 12.6. The zero-order valence-electron chi connectivity index (χ0n) is 21.2. The van der Waals surface area contributed by atoms with Crippen molar-refractivity contribution in [2.75, 3.05) is 13.2 Å². The van der Waals surface area contributed by atoms with Gasteiger partial charge >= 0.3 is 0 Å². The van der Waals surface area contributed by atoms with Crippen molar-refractivity contribution in [1.82, 2.24) is 0 Å². The molecule has 0 bridgehead atoms. The molecular weight excluding hydrogens is 461 g/mol. The number of unbranched alkanes of at least 4 members (excludes halogenated alkanes) is 3. The highest BCUT2D eigenvalue weighted by molar-refractivity contribution is 5.71. The number of hydrogen-bond acceptors (Lipinski definition) is 2. The second-order valence-electron chi connectivity index (χ2n) is 9.61. The SMILES string of the molecule is CCCCCC1OCC(c2ccc(-c3ccc(-c4ccc(CCCC)c(F)c4F)cc3)c(F)c2)CO1. The van der Waals surface area contributed by atoms with Crippen molar-refractivity contribution in [3.05, 3.63) is 83.2 Å². The van der Waals surface area contributed by atoms with E-state index in [1.165, 1.54) is 0 Å². The Morgan fingerprint density at radius 1 is 0.722 bits per heavy atom. The van der Waals surface area contributed by atoms with Crippen molar-refractivity contribution < 1.29 is 22.6 Å². The van der Waals surface area contributed by atoms with Crippen LogP contribution < -0.4 is 0 Å². The van der Waals surface area contributed by atoms with Gasteiger partial charge in [-0.05, 0) is 54.0 Å². The van der Waals surface area contributed by atoms with Gasteiger partial charge in [0.05, 0.1) is 13.2 Å². The average molecular weight is 497 g/mol. The van der Waals surface area contributed by atoms with Gasteiger partial charge in [-0.15, -0.1) is 0 Å². The fourth-order valence-electron chi connectivity index (χ4n) is 4.68. The molecule has 1 heterocycles. The molecule has 0 spiro atoms. The average Bonchev–Trinajstić information content (AvgIpc) is 2.90. The van der Waals surface area contributed by atoms with E-state index in [4.69, 9.17) is 9.47 Å². The van der Waals surface area contributed by atoms with Crippen LogP contribution in [-0.2, 0) is 15.9 Å². The zero-order chi connectivity index (χ0) is 25.5. The molecule has 0 N–H and O–H groups in total. The lowest BCUT2D eigenvalue weighted by atomic mass is 9.94. The van der Waals surface area contributed by atoms with E-state index < -0.39 is 11.6 Å². The number of benzene rings is 3. The lowest BCUT2D eigenvalue weighted by Gasteiger charge is -2.30. The summed E-state index contributed by atoms with van der Waals surface area (Å²) in [6.45, 7) is 5.22. The summed E-state index contributed by atoms with van der Waals surface area (Å²) in [6, 6.07) is 15.4. The van der Waals surface area contributed by atoms with Crippen LogP contribution in [0.3, 0.4) is 0 Å². The van der Waals surface area contributed by atoms with Crippen molar-refractivity contribution >= 4 is 0 Å². The van der Waals surface area contributed by atoms with Gasteiger partial charge in [-0.2, -0.15) is 0 Å². The molecule has 4 rings (SSSR count). The molecule has 3 aromatic rings. The zero-order valence-corrected chi connectivity index (χ0v) is 21.2. The Bertz CT molecular complexity index is 1140. The molecule has 1 saturated heterocycles. The Morgan fingerprint density at radius 2 is 1.36 bits per heavy atom. The van der Waals surface area contributed by atoms with Crippen LogP contribution in [0.5, 0.6) is 0 Å². The van der Waals surface area contributed by atoms with Crippen molar-refractivity contribution in [1.29, 1.82) is 0 Å². The molecule has 192 valence electrons. The third-order valence-electron chi connectivity index (χ3n) is 6.94. The number of hydrogen-bond donors (Lipinski definition) is 0. The minimum Gasteiger partial charge on any atom is -0.352 e. The fraction of sp³-hybridized carbons (Fsp3) is 0.419. The molecular formula is C31H35F3O2. The first-order chi connectivity index (χ1) is 17.5. The summed E-state index contributed by atoms with van der Waals surface area (Å²) >= 11 is 0. The summed E-state index contributed by atoms with van der Waals surface area (Å²) < 4.78 is 56.0. The van der Waals surface area contributed by atoms with Crippen LogP contribution in [0.25, 0.3) is 22.3 Å². The van der Waals surface area contributed by atoms with Crippen LogP contribution in [-0.4, -0.2) is 19.5 Å². The highest BCUT2D eigenvalue weighted by Crippen LogP contribution is 2.32. The van der Waals surface area contributed by atoms with E-state index in [-0.39, 0.29) is 23.6 Å². The first-order valence-electron chi connectivity index (χ1n) is 13.1. The standard InChI is InChI=1S/C31H35F3O2/c1-3-5-7-9-29-35-19-25(20-36-29)24-15-16-26(28(32)18-24)21-10-12-22(13-11-21)27-17-14-23(8-6-4-2)30(33)31(27)34/h10-18,25,29H,3-9,19-20H2,1-2H3. The third-order valence-corrected chi connectivity index (χ3v) is 6.94. The topological polar surface area (TPSA) is 18.5 Å². The van der Waals surface area contributed by atoms with E-state index in [9.17, 15) is 8.78 Å². The van der Waals surface area contributed by atoms with Crippen molar-refractivity contribution in [2.45, 2.75) is 71.0 Å².